The number of fused-ring (bicyclic) bond motifs is 2. The SMILES string of the molecule is CCC1=Cc2c(-c3ccc(C)cc3)cccc2[CH]1[Zr]([CH3])([CH3])(=[SiH2])[CH]1C(CC)=Cc2c(-c3ccc(C)cc3)cccc21.Cl.Cl. The van der Waals surface area contributed by atoms with E-state index in [1.54, 1.807) is 22.3 Å². The predicted octanol–water partition coefficient (Wildman–Crippen LogP) is 11.2. The van der Waals surface area contributed by atoms with Crippen molar-refractivity contribution in [1.29, 1.82) is 0 Å². The van der Waals surface area contributed by atoms with E-state index in [0.29, 0.717) is 7.25 Å². The first kappa shape index (κ1) is 32.9. The molecule has 6 rings (SSSR count). The van der Waals surface area contributed by atoms with Gasteiger partial charge in [-0.3, -0.25) is 0 Å². The van der Waals surface area contributed by atoms with Crippen LogP contribution in [0.25, 0.3) is 34.4 Å². The second-order valence-corrected chi connectivity index (χ2v) is 43.8. The Balaban J connectivity index is 0.00000202. The molecule has 0 amide bonds. The summed E-state index contributed by atoms with van der Waals surface area (Å²) in [5.41, 5.74) is 17.5. The molecule has 2 aliphatic carbocycles. The Kier molecular flexibility index (Phi) is 9.57. The van der Waals surface area contributed by atoms with E-state index in [-0.39, 0.29) is 24.8 Å². The van der Waals surface area contributed by atoms with Crippen molar-refractivity contribution in [3.63, 3.8) is 0 Å². The third-order valence-electron chi connectivity index (χ3n) is 9.74. The van der Waals surface area contributed by atoms with Crippen LogP contribution in [0.1, 0.15) is 67.3 Å². The van der Waals surface area contributed by atoms with Crippen molar-refractivity contribution in [2.45, 2.75) is 57.1 Å². The molecule has 218 valence electrons. The summed E-state index contributed by atoms with van der Waals surface area (Å²) in [6, 6.07) is 32.4. The minimum Gasteiger partial charge on any atom is -0.147 e. The minimum absolute atomic E-state index is 0. The Hall–Kier alpha value is -1.96. The Labute approximate surface area is 268 Å². The van der Waals surface area contributed by atoms with Crippen molar-refractivity contribution in [2.24, 2.45) is 0 Å². The van der Waals surface area contributed by atoms with Crippen LogP contribution in [0.5, 0.6) is 0 Å². The van der Waals surface area contributed by atoms with Gasteiger partial charge in [0, 0.05) is 0 Å². The fourth-order valence-electron chi connectivity index (χ4n) is 7.92. The quantitative estimate of drug-likeness (QED) is 0.177. The van der Waals surface area contributed by atoms with Gasteiger partial charge in [0.1, 0.15) is 0 Å². The molecule has 4 aromatic carbocycles. The standard InChI is InChI=1S/2C18H17.2CH3.2ClH.H2Si.Zr/c2*1-3-14-11-16-5-4-6-17(18(16)12-14)15-9-7-13(2)8-10-15;;;;;;/h2*4-12H,3H2,1-2H3;2*1H3;2*1H;1H2;. The van der Waals surface area contributed by atoms with Gasteiger partial charge in [0.05, 0.1) is 0 Å². The third-order valence-corrected chi connectivity index (χ3v) is 27.2. The van der Waals surface area contributed by atoms with E-state index >= 15 is 0 Å². The average molecular weight is 691 g/mol. The first-order valence-corrected chi connectivity index (χ1v) is 28.7. The number of rotatable bonds is 6. The Morgan fingerprint density at radius 3 is 1.26 bits per heavy atom. The molecule has 0 spiro atoms. The van der Waals surface area contributed by atoms with Gasteiger partial charge >= 0.3 is 245 Å². The number of halogens is 2. The van der Waals surface area contributed by atoms with E-state index in [4.69, 9.17) is 0 Å². The van der Waals surface area contributed by atoms with Crippen molar-refractivity contribution >= 4 is 43.8 Å². The summed E-state index contributed by atoms with van der Waals surface area (Å²) in [5.74, 6) is 0. The molecule has 2 aliphatic rings. The molecule has 0 nitrogen and oxygen atoms in total. The van der Waals surface area contributed by atoms with Crippen LogP contribution >= 0.6 is 24.8 Å². The Morgan fingerprint density at radius 1 is 0.571 bits per heavy atom. The van der Waals surface area contributed by atoms with Crippen molar-refractivity contribution in [3.8, 4) is 22.3 Å². The van der Waals surface area contributed by atoms with E-state index in [0.717, 1.165) is 12.8 Å². The van der Waals surface area contributed by atoms with Crippen LogP contribution in [-0.2, 0) is 17.4 Å². The maximum Gasteiger partial charge on any atom is -0.147 e. The van der Waals surface area contributed by atoms with E-state index in [1.165, 1.54) is 44.5 Å². The van der Waals surface area contributed by atoms with E-state index in [9.17, 15) is 0 Å². The van der Waals surface area contributed by atoms with Crippen LogP contribution < -0.4 is 0 Å². The Morgan fingerprint density at radius 2 is 0.929 bits per heavy atom. The average Bonchev–Trinajstić information content (AvgIpc) is 3.54. The van der Waals surface area contributed by atoms with Crippen molar-refractivity contribution < 1.29 is 17.4 Å². The van der Waals surface area contributed by atoms with Gasteiger partial charge in [-0.25, -0.2) is 0 Å². The number of hydrogen-bond donors (Lipinski definition) is 0. The molecule has 0 aliphatic heterocycles. The smallest absolute Gasteiger partial charge is 0.147 e. The minimum atomic E-state index is -3.58. The van der Waals surface area contributed by atoms with Crippen LogP contribution in [0.2, 0.25) is 9.26 Å². The third kappa shape index (κ3) is 5.43. The topological polar surface area (TPSA) is 0 Å². The number of benzene rings is 4. The van der Waals surface area contributed by atoms with Crippen LogP contribution in [-0.4, -0.2) is 6.88 Å². The van der Waals surface area contributed by atoms with Crippen LogP contribution in [0.4, 0.5) is 0 Å². The van der Waals surface area contributed by atoms with Gasteiger partial charge in [-0.05, 0) is 0 Å². The van der Waals surface area contributed by atoms with Crippen molar-refractivity contribution in [1.82, 2.24) is 0 Å². The van der Waals surface area contributed by atoms with Gasteiger partial charge in [0.2, 0.25) is 0 Å². The van der Waals surface area contributed by atoms with Crippen molar-refractivity contribution in [3.05, 3.63) is 129 Å². The molecule has 0 saturated carbocycles. The molecular formula is C38H44Cl2SiZr. The molecule has 42 heavy (non-hydrogen) atoms. The maximum absolute atomic E-state index is 3.58. The predicted molar refractivity (Wildman–Crippen MR) is 190 cm³/mol. The van der Waals surface area contributed by atoms with E-state index in [2.05, 4.69) is 141 Å². The van der Waals surface area contributed by atoms with E-state index in [1.807, 2.05) is 0 Å². The summed E-state index contributed by atoms with van der Waals surface area (Å²) in [4.78, 5) is 0. The number of aryl methyl sites for hydroxylation is 2. The molecule has 0 heterocycles. The largest absolute Gasteiger partial charge is 0.147 e. The zero-order valence-corrected chi connectivity index (χ0v) is 31.3. The summed E-state index contributed by atoms with van der Waals surface area (Å²) in [7, 11) is 0. The molecule has 2 unspecified atom stereocenters. The zero-order chi connectivity index (χ0) is 28.3. The second kappa shape index (κ2) is 12.2. The molecule has 2 atom stereocenters. The molecule has 0 saturated heterocycles. The van der Waals surface area contributed by atoms with Gasteiger partial charge in [-0.1, -0.05) is 0 Å². The van der Waals surface area contributed by atoms with Gasteiger partial charge < -0.3 is 0 Å². The Bertz CT molecular complexity index is 1630. The first-order valence-electron chi connectivity index (χ1n) is 15.0. The van der Waals surface area contributed by atoms with Gasteiger partial charge in [0.15, 0.2) is 0 Å². The molecule has 0 fully saturated rings. The van der Waals surface area contributed by atoms with Crippen LogP contribution in [0.3, 0.4) is 0 Å². The number of allylic oxidation sites excluding steroid dienone is 2. The summed E-state index contributed by atoms with van der Waals surface area (Å²) in [6.45, 7) is 11.6. The summed E-state index contributed by atoms with van der Waals surface area (Å²) < 4.78 is 6.64. The number of hydrogen-bond acceptors (Lipinski definition) is 0. The zero-order valence-electron chi connectivity index (χ0n) is 25.8. The molecule has 0 aromatic heterocycles. The van der Waals surface area contributed by atoms with Crippen LogP contribution in [0, 0.1) is 13.8 Å². The second-order valence-electron chi connectivity index (χ2n) is 13.3. The fraction of sp³-hybridized carbons (Fsp3) is 0.263. The van der Waals surface area contributed by atoms with Gasteiger partial charge in [-0.15, -0.1) is 24.8 Å². The maximum atomic E-state index is 2.77. The first-order chi connectivity index (χ1) is 19.1. The van der Waals surface area contributed by atoms with E-state index < -0.39 is 17.4 Å². The fourth-order valence-corrected chi connectivity index (χ4v) is 28.1. The summed E-state index contributed by atoms with van der Waals surface area (Å²) in [6.07, 6.45) is 7.39. The van der Waals surface area contributed by atoms with Crippen LogP contribution in [0.15, 0.2) is 96.1 Å². The van der Waals surface area contributed by atoms with Gasteiger partial charge in [0.25, 0.3) is 0 Å². The molecule has 4 aromatic rings. The molecule has 0 bridgehead atoms. The molecular weight excluding hydrogens is 647 g/mol. The normalized spacial score (nSPS) is 17.4. The molecule has 4 heteroatoms. The molecule has 0 N–H and O–H groups in total. The summed E-state index contributed by atoms with van der Waals surface area (Å²) in [5, 5.41) is 0. The van der Waals surface area contributed by atoms with Crippen molar-refractivity contribution in [2.75, 3.05) is 0 Å². The van der Waals surface area contributed by atoms with Gasteiger partial charge in [-0.2, -0.15) is 0 Å². The summed E-state index contributed by atoms with van der Waals surface area (Å²) >= 11 is -3.58. The molecule has 0 radical (unpaired) electrons. The monoisotopic (exact) mass is 688 g/mol.